The Hall–Kier alpha value is -2.34. The summed E-state index contributed by atoms with van der Waals surface area (Å²) in [5, 5.41) is 0.664. The third kappa shape index (κ3) is 3.58. The number of fused-ring (bicyclic) bond motifs is 3. The molecule has 3 atom stereocenters. The van der Waals surface area contributed by atoms with Crippen LogP contribution in [0.15, 0.2) is 21.3 Å². The topological polar surface area (TPSA) is 75.0 Å². The van der Waals surface area contributed by atoms with Crippen LogP contribution in [0.1, 0.15) is 50.0 Å². The molecule has 3 rings (SSSR count). The second kappa shape index (κ2) is 7.72. The minimum Gasteiger partial charge on any atom is -0.489 e. The SMILES string of the molecule is CCCc1cc(=O)oc2c3c(cc(OC(C)COC)c12)OC(C)C(C)C3=O. The average Bonchev–Trinajstić information content (AvgIpc) is 2.59. The molecule has 0 N–H and O–H groups in total. The smallest absolute Gasteiger partial charge is 0.336 e. The number of methoxy groups -OCH3 is 1. The third-order valence-electron chi connectivity index (χ3n) is 4.95. The summed E-state index contributed by atoms with van der Waals surface area (Å²) in [6.07, 6.45) is 1.04. The van der Waals surface area contributed by atoms with E-state index in [2.05, 4.69) is 0 Å². The molecule has 0 fully saturated rings. The molecule has 27 heavy (non-hydrogen) atoms. The van der Waals surface area contributed by atoms with Gasteiger partial charge in [-0.05, 0) is 25.8 Å². The van der Waals surface area contributed by atoms with Crippen LogP contribution in [0.25, 0.3) is 11.0 Å². The first-order valence-electron chi connectivity index (χ1n) is 9.37. The molecule has 0 saturated carbocycles. The van der Waals surface area contributed by atoms with Crippen molar-refractivity contribution < 1.29 is 23.4 Å². The first-order chi connectivity index (χ1) is 12.9. The largest absolute Gasteiger partial charge is 0.489 e. The molecule has 6 nitrogen and oxygen atoms in total. The van der Waals surface area contributed by atoms with Gasteiger partial charge in [-0.15, -0.1) is 0 Å². The predicted octanol–water partition coefficient (Wildman–Crippen LogP) is 3.76. The monoisotopic (exact) mass is 374 g/mol. The van der Waals surface area contributed by atoms with Crippen LogP contribution in [0.5, 0.6) is 11.5 Å². The van der Waals surface area contributed by atoms with Crippen LogP contribution >= 0.6 is 0 Å². The number of hydrogen-bond donors (Lipinski definition) is 0. The van der Waals surface area contributed by atoms with Crippen LogP contribution in [-0.4, -0.2) is 31.7 Å². The first-order valence-corrected chi connectivity index (χ1v) is 9.37. The molecule has 1 aromatic heterocycles. The standard InChI is InChI=1S/C21H26O6/c1-6-7-14-8-17(22)27-21-18(14)15(25-11(2)10-24-5)9-16-19(21)20(23)12(3)13(4)26-16/h8-9,11-13H,6-7,10H2,1-5H3. The maximum absolute atomic E-state index is 13.0. The minimum absolute atomic E-state index is 0.0814. The maximum Gasteiger partial charge on any atom is 0.336 e. The van der Waals surface area contributed by atoms with Gasteiger partial charge in [-0.1, -0.05) is 20.3 Å². The van der Waals surface area contributed by atoms with E-state index in [4.69, 9.17) is 18.6 Å². The fourth-order valence-electron chi connectivity index (χ4n) is 3.48. The van der Waals surface area contributed by atoms with E-state index < -0.39 is 5.63 Å². The number of carbonyl (C=O) groups is 1. The molecule has 1 aromatic carbocycles. The molecule has 1 aliphatic rings. The maximum atomic E-state index is 13.0. The summed E-state index contributed by atoms with van der Waals surface area (Å²) in [6, 6.07) is 3.22. The molecule has 0 aliphatic carbocycles. The lowest BCUT2D eigenvalue weighted by Crippen LogP contribution is -2.34. The highest BCUT2D eigenvalue weighted by Crippen LogP contribution is 2.42. The fourth-order valence-corrected chi connectivity index (χ4v) is 3.48. The van der Waals surface area contributed by atoms with Crippen molar-refractivity contribution in [1.82, 2.24) is 0 Å². The minimum atomic E-state index is -0.477. The van der Waals surface area contributed by atoms with Crippen molar-refractivity contribution in [3.63, 3.8) is 0 Å². The second-order valence-electron chi connectivity index (χ2n) is 7.15. The van der Waals surface area contributed by atoms with E-state index in [1.807, 2.05) is 27.7 Å². The summed E-state index contributed by atoms with van der Waals surface area (Å²) < 4.78 is 22.7. The van der Waals surface area contributed by atoms with Gasteiger partial charge in [0.2, 0.25) is 0 Å². The Morgan fingerprint density at radius 3 is 2.63 bits per heavy atom. The number of rotatable bonds is 6. The van der Waals surface area contributed by atoms with Crippen molar-refractivity contribution >= 4 is 16.8 Å². The van der Waals surface area contributed by atoms with Gasteiger partial charge in [0.15, 0.2) is 11.4 Å². The van der Waals surface area contributed by atoms with Crippen molar-refractivity contribution in [2.45, 2.75) is 52.7 Å². The Morgan fingerprint density at radius 2 is 1.96 bits per heavy atom. The van der Waals surface area contributed by atoms with E-state index in [-0.39, 0.29) is 29.5 Å². The number of carbonyl (C=O) groups excluding carboxylic acids is 1. The number of ether oxygens (including phenoxy) is 3. The predicted molar refractivity (Wildman–Crippen MR) is 102 cm³/mol. The number of aryl methyl sites for hydroxylation is 1. The Morgan fingerprint density at radius 1 is 1.22 bits per heavy atom. The van der Waals surface area contributed by atoms with Crippen LogP contribution in [0, 0.1) is 5.92 Å². The highest BCUT2D eigenvalue weighted by molar-refractivity contribution is 6.12. The summed E-state index contributed by atoms with van der Waals surface area (Å²) in [5.41, 5.74) is 0.920. The zero-order chi connectivity index (χ0) is 19.7. The van der Waals surface area contributed by atoms with Crippen molar-refractivity contribution in [1.29, 1.82) is 0 Å². The van der Waals surface area contributed by atoms with Crippen molar-refractivity contribution in [2.24, 2.45) is 5.92 Å². The van der Waals surface area contributed by atoms with E-state index in [1.54, 1.807) is 13.2 Å². The summed E-state index contributed by atoms with van der Waals surface area (Å²) in [5.74, 6) is 0.534. The second-order valence-corrected chi connectivity index (χ2v) is 7.15. The van der Waals surface area contributed by atoms with Crippen LogP contribution in [0.4, 0.5) is 0 Å². The molecule has 0 radical (unpaired) electrons. The van der Waals surface area contributed by atoms with Gasteiger partial charge in [-0.2, -0.15) is 0 Å². The van der Waals surface area contributed by atoms with Crippen molar-refractivity contribution in [3.8, 4) is 11.5 Å². The van der Waals surface area contributed by atoms with Gasteiger partial charge in [0.1, 0.15) is 29.3 Å². The van der Waals surface area contributed by atoms with Gasteiger partial charge in [0.25, 0.3) is 0 Å². The van der Waals surface area contributed by atoms with Gasteiger partial charge in [0.05, 0.1) is 17.9 Å². The van der Waals surface area contributed by atoms with Crippen LogP contribution in [0.3, 0.4) is 0 Å². The van der Waals surface area contributed by atoms with Crippen molar-refractivity contribution in [2.75, 3.05) is 13.7 Å². The van der Waals surface area contributed by atoms with Gasteiger partial charge in [-0.3, -0.25) is 4.79 Å². The molecule has 0 spiro atoms. The fraction of sp³-hybridized carbons (Fsp3) is 0.524. The molecular weight excluding hydrogens is 348 g/mol. The summed E-state index contributed by atoms with van der Waals surface area (Å²) in [6.45, 7) is 8.01. The lowest BCUT2D eigenvalue weighted by atomic mass is 9.89. The Kier molecular flexibility index (Phi) is 5.56. The molecule has 2 heterocycles. The molecule has 1 aliphatic heterocycles. The molecule has 3 unspecified atom stereocenters. The van der Waals surface area contributed by atoms with E-state index in [0.717, 1.165) is 12.0 Å². The molecule has 2 aromatic rings. The van der Waals surface area contributed by atoms with Crippen LogP contribution in [-0.2, 0) is 11.2 Å². The molecule has 0 amide bonds. The lowest BCUT2D eigenvalue weighted by Gasteiger charge is -2.29. The normalized spacial score (nSPS) is 20.3. The highest BCUT2D eigenvalue weighted by atomic mass is 16.5. The van der Waals surface area contributed by atoms with E-state index in [9.17, 15) is 9.59 Å². The summed E-state index contributed by atoms with van der Waals surface area (Å²) >= 11 is 0. The van der Waals surface area contributed by atoms with E-state index >= 15 is 0 Å². The number of hydrogen-bond acceptors (Lipinski definition) is 6. The quantitative estimate of drug-likeness (QED) is 0.717. The summed E-state index contributed by atoms with van der Waals surface area (Å²) in [7, 11) is 1.61. The van der Waals surface area contributed by atoms with Gasteiger partial charge >= 0.3 is 5.63 Å². The Bertz CT molecular complexity index is 913. The number of benzene rings is 1. The van der Waals surface area contributed by atoms with Gasteiger partial charge < -0.3 is 18.6 Å². The Labute approximate surface area is 158 Å². The molecule has 0 saturated heterocycles. The zero-order valence-corrected chi connectivity index (χ0v) is 16.5. The van der Waals surface area contributed by atoms with Crippen LogP contribution in [0.2, 0.25) is 0 Å². The molecule has 146 valence electrons. The van der Waals surface area contributed by atoms with E-state index in [0.29, 0.717) is 35.5 Å². The zero-order valence-electron chi connectivity index (χ0n) is 16.5. The average molecular weight is 374 g/mol. The molecule has 6 heteroatoms. The highest BCUT2D eigenvalue weighted by Gasteiger charge is 2.35. The summed E-state index contributed by atoms with van der Waals surface area (Å²) in [4.78, 5) is 25.1. The Balaban J connectivity index is 2.31. The molecule has 0 bridgehead atoms. The van der Waals surface area contributed by atoms with Crippen LogP contribution < -0.4 is 15.1 Å². The lowest BCUT2D eigenvalue weighted by molar-refractivity contribution is 0.0726. The first kappa shape index (κ1) is 19.4. The van der Waals surface area contributed by atoms with Gasteiger partial charge in [-0.25, -0.2) is 4.79 Å². The third-order valence-corrected chi connectivity index (χ3v) is 4.95. The number of ketones is 1. The molecular formula is C21H26O6. The van der Waals surface area contributed by atoms with Crippen molar-refractivity contribution in [3.05, 3.63) is 33.7 Å². The van der Waals surface area contributed by atoms with E-state index in [1.165, 1.54) is 6.07 Å². The number of Topliss-reactive ketones (excluding diaryl/α,β-unsaturated/α-hetero) is 1. The van der Waals surface area contributed by atoms with Gasteiger partial charge in [0, 0.05) is 19.2 Å².